The Balaban J connectivity index is 1.27. The van der Waals surface area contributed by atoms with E-state index in [9.17, 15) is 14.4 Å². The van der Waals surface area contributed by atoms with Crippen molar-refractivity contribution in [3.8, 4) is 0 Å². The van der Waals surface area contributed by atoms with Gasteiger partial charge in [0.05, 0.1) is 0 Å². The molecule has 3 aliphatic rings. The summed E-state index contributed by atoms with van der Waals surface area (Å²) in [6.07, 6.45) is 8.10. The average molecular weight is 412 g/mol. The van der Waals surface area contributed by atoms with Crippen LogP contribution in [-0.2, 0) is 9.59 Å². The predicted octanol–water partition coefficient (Wildman–Crippen LogP) is 3.58. The second-order valence-corrected chi connectivity index (χ2v) is 9.30. The zero-order valence-corrected chi connectivity index (χ0v) is 17.9. The van der Waals surface area contributed by atoms with Crippen molar-refractivity contribution in [2.24, 2.45) is 17.8 Å². The third-order valence-corrected chi connectivity index (χ3v) is 6.93. The number of nitrogens with one attached hydrogen (secondary N) is 2. The van der Waals surface area contributed by atoms with E-state index in [1.54, 1.807) is 12.1 Å². The molecular weight excluding hydrogens is 378 g/mol. The van der Waals surface area contributed by atoms with E-state index in [0.29, 0.717) is 30.3 Å². The summed E-state index contributed by atoms with van der Waals surface area (Å²) < 4.78 is 0. The first-order valence-electron chi connectivity index (χ1n) is 11.5. The van der Waals surface area contributed by atoms with Crippen LogP contribution in [0.2, 0.25) is 0 Å². The molecule has 162 valence electrons. The number of hydrogen-bond donors (Lipinski definition) is 2. The van der Waals surface area contributed by atoms with Crippen LogP contribution in [-0.4, -0.2) is 41.8 Å². The molecule has 0 aromatic heterocycles. The van der Waals surface area contributed by atoms with E-state index in [1.807, 2.05) is 17.0 Å². The quantitative estimate of drug-likeness (QED) is 0.777. The van der Waals surface area contributed by atoms with Gasteiger partial charge < -0.3 is 15.5 Å². The Morgan fingerprint density at radius 2 is 1.67 bits per heavy atom. The van der Waals surface area contributed by atoms with Gasteiger partial charge in [0.15, 0.2) is 0 Å². The number of amides is 3. The normalized spacial score (nSPS) is 24.9. The molecule has 1 aromatic carbocycles. The van der Waals surface area contributed by atoms with Gasteiger partial charge in [0, 0.05) is 42.2 Å². The highest BCUT2D eigenvalue weighted by Crippen LogP contribution is 2.38. The molecule has 30 heavy (non-hydrogen) atoms. The van der Waals surface area contributed by atoms with Gasteiger partial charge >= 0.3 is 0 Å². The van der Waals surface area contributed by atoms with E-state index >= 15 is 0 Å². The standard InChI is InChI=1S/C24H33N3O3/c1-16-14-21(16)23(29)26-20-9-5-8-18(15-20)24(30)27-12-10-19(11-13-27)25-22(28)17-6-3-2-4-7-17/h5,8-9,15-17,19,21H,2-4,6-7,10-14H2,1H3,(H,25,28)(H,26,29). The fourth-order valence-electron chi connectivity index (χ4n) is 4.75. The first-order chi connectivity index (χ1) is 14.5. The third-order valence-electron chi connectivity index (χ3n) is 6.93. The summed E-state index contributed by atoms with van der Waals surface area (Å²) in [5.74, 6) is 0.967. The van der Waals surface area contributed by atoms with E-state index in [1.165, 1.54) is 6.42 Å². The monoisotopic (exact) mass is 411 g/mol. The van der Waals surface area contributed by atoms with Crippen molar-refractivity contribution in [2.45, 2.75) is 64.3 Å². The molecule has 6 nitrogen and oxygen atoms in total. The average Bonchev–Trinajstić information content (AvgIpc) is 3.51. The molecule has 2 unspecified atom stereocenters. The van der Waals surface area contributed by atoms with Crippen molar-refractivity contribution < 1.29 is 14.4 Å². The van der Waals surface area contributed by atoms with E-state index < -0.39 is 0 Å². The summed E-state index contributed by atoms with van der Waals surface area (Å²) in [6.45, 7) is 3.36. The summed E-state index contributed by atoms with van der Waals surface area (Å²) in [5.41, 5.74) is 1.28. The summed E-state index contributed by atoms with van der Waals surface area (Å²) in [4.78, 5) is 39.4. The minimum absolute atomic E-state index is 0.0112. The molecule has 4 rings (SSSR count). The number of carbonyl (C=O) groups is 3. The molecule has 1 heterocycles. The molecule has 6 heteroatoms. The topological polar surface area (TPSA) is 78.5 Å². The fourth-order valence-corrected chi connectivity index (χ4v) is 4.75. The zero-order valence-electron chi connectivity index (χ0n) is 17.9. The number of hydrogen-bond acceptors (Lipinski definition) is 3. The summed E-state index contributed by atoms with van der Waals surface area (Å²) in [5, 5.41) is 6.15. The first-order valence-corrected chi connectivity index (χ1v) is 11.5. The number of carbonyl (C=O) groups excluding carboxylic acids is 3. The Labute approximate surface area is 178 Å². The van der Waals surface area contributed by atoms with Gasteiger partial charge in [0.1, 0.15) is 0 Å². The Morgan fingerprint density at radius 3 is 2.33 bits per heavy atom. The number of nitrogens with zero attached hydrogens (tertiary/aromatic N) is 1. The van der Waals surface area contributed by atoms with Crippen LogP contribution in [0.5, 0.6) is 0 Å². The molecule has 3 amide bonds. The molecule has 0 bridgehead atoms. The van der Waals surface area contributed by atoms with Crippen molar-refractivity contribution in [1.82, 2.24) is 10.2 Å². The van der Waals surface area contributed by atoms with Crippen LogP contribution in [0.3, 0.4) is 0 Å². The Bertz CT molecular complexity index is 795. The van der Waals surface area contributed by atoms with Crippen molar-refractivity contribution in [2.75, 3.05) is 18.4 Å². The molecule has 2 N–H and O–H groups in total. The molecular formula is C24H33N3O3. The van der Waals surface area contributed by atoms with Crippen LogP contribution in [0.15, 0.2) is 24.3 Å². The lowest BCUT2D eigenvalue weighted by molar-refractivity contribution is -0.127. The van der Waals surface area contributed by atoms with Crippen LogP contribution in [0, 0.1) is 17.8 Å². The number of rotatable bonds is 5. The Kier molecular flexibility index (Phi) is 6.40. The molecule has 2 aliphatic carbocycles. The first kappa shape index (κ1) is 20.9. The van der Waals surface area contributed by atoms with E-state index in [-0.39, 0.29) is 35.6 Å². The molecule has 0 spiro atoms. The second kappa shape index (κ2) is 9.19. The zero-order chi connectivity index (χ0) is 21.1. The van der Waals surface area contributed by atoms with Gasteiger partial charge in [-0.25, -0.2) is 0 Å². The van der Waals surface area contributed by atoms with Crippen molar-refractivity contribution >= 4 is 23.4 Å². The second-order valence-electron chi connectivity index (χ2n) is 9.30. The maximum atomic E-state index is 12.9. The molecule has 3 fully saturated rings. The van der Waals surface area contributed by atoms with Crippen molar-refractivity contribution in [3.05, 3.63) is 29.8 Å². The van der Waals surface area contributed by atoms with Crippen LogP contribution < -0.4 is 10.6 Å². The summed E-state index contributed by atoms with van der Waals surface area (Å²) in [7, 11) is 0. The van der Waals surface area contributed by atoms with Crippen LogP contribution in [0.25, 0.3) is 0 Å². The molecule has 1 saturated heterocycles. The third kappa shape index (κ3) is 5.02. The minimum Gasteiger partial charge on any atom is -0.353 e. The maximum absolute atomic E-state index is 12.9. The number of benzene rings is 1. The van der Waals surface area contributed by atoms with Gasteiger partial charge in [-0.1, -0.05) is 32.3 Å². The van der Waals surface area contributed by atoms with E-state index in [4.69, 9.17) is 0 Å². The predicted molar refractivity (Wildman–Crippen MR) is 116 cm³/mol. The number of anilines is 1. The summed E-state index contributed by atoms with van der Waals surface area (Å²) in [6, 6.07) is 7.37. The largest absolute Gasteiger partial charge is 0.353 e. The van der Waals surface area contributed by atoms with Crippen molar-refractivity contribution in [1.29, 1.82) is 0 Å². The van der Waals surface area contributed by atoms with Crippen LogP contribution in [0.1, 0.15) is 68.6 Å². The smallest absolute Gasteiger partial charge is 0.253 e. The van der Waals surface area contributed by atoms with Gasteiger partial charge in [-0.15, -0.1) is 0 Å². The van der Waals surface area contributed by atoms with Gasteiger partial charge in [-0.3, -0.25) is 14.4 Å². The lowest BCUT2D eigenvalue weighted by Gasteiger charge is -2.33. The molecule has 1 aliphatic heterocycles. The SMILES string of the molecule is CC1CC1C(=O)Nc1cccc(C(=O)N2CCC(NC(=O)C3CCCCC3)CC2)c1. The van der Waals surface area contributed by atoms with Crippen LogP contribution in [0.4, 0.5) is 5.69 Å². The summed E-state index contributed by atoms with van der Waals surface area (Å²) >= 11 is 0. The van der Waals surface area contributed by atoms with Gasteiger partial charge in [-0.05, 0) is 56.2 Å². The fraction of sp³-hybridized carbons (Fsp3) is 0.625. The highest BCUT2D eigenvalue weighted by molar-refractivity contribution is 5.98. The van der Waals surface area contributed by atoms with Crippen LogP contribution >= 0.6 is 0 Å². The highest BCUT2D eigenvalue weighted by Gasteiger charge is 2.39. The van der Waals surface area contributed by atoms with E-state index in [2.05, 4.69) is 17.6 Å². The van der Waals surface area contributed by atoms with Gasteiger partial charge in [-0.2, -0.15) is 0 Å². The number of piperidine rings is 1. The Morgan fingerprint density at radius 1 is 0.967 bits per heavy atom. The lowest BCUT2D eigenvalue weighted by atomic mass is 9.88. The molecule has 2 saturated carbocycles. The van der Waals surface area contributed by atoms with E-state index in [0.717, 1.165) is 44.9 Å². The minimum atomic E-state index is -0.0112. The van der Waals surface area contributed by atoms with Gasteiger partial charge in [0.25, 0.3) is 5.91 Å². The molecule has 0 radical (unpaired) electrons. The number of likely N-dealkylation sites (tertiary alicyclic amines) is 1. The molecule has 2 atom stereocenters. The highest BCUT2D eigenvalue weighted by atomic mass is 16.2. The Hall–Kier alpha value is -2.37. The lowest BCUT2D eigenvalue weighted by Crippen LogP contribution is -2.48. The molecule has 1 aromatic rings. The van der Waals surface area contributed by atoms with Crippen molar-refractivity contribution in [3.63, 3.8) is 0 Å². The maximum Gasteiger partial charge on any atom is 0.253 e. The van der Waals surface area contributed by atoms with Gasteiger partial charge in [0.2, 0.25) is 11.8 Å².